The van der Waals surface area contributed by atoms with E-state index in [0.717, 1.165) is 0 Å². The van der Waals surface area contributed by atoms with Gasteiger partial charge in [0, 0.05) is 0 Å². The summed E-state index contributed by atoms with van der Waals surface area (Å²) >= 11 is 0. The first-order valence-electron chi connectivity index (χ1n) is 16.7. The van der Waals surface area contributed by atoms with Crippen LogP contribution in [-0.4, -0.2) is 25.4 Å². The van der Waals surface area contributed by atoms with E-state index < -0.39 is 58.8 Å². The van der Waals surface area contributed by atoms with Crippen molar-refractivity contribution in [2.24, 2.45) is 5.73 Å². The van der Waals surface area contributed by atoms with E-state index in [1.165, 1.54) is 72.8 Å². The predicted octanol–water partition coefficient (Wildman–Crippen LogP) is 9.94. The van der Waals surface area contributed by atoms with Gasteiger partial charge in [-0.3, -0.25) is 0 Å². The Morgan fingerprint density at radius 1 is 0.321 bits per heavy atom. The Kier molecular flexibility index (Phi) is 12.1. The second-order valence-electron chi connectivity index (χ2n) is 12.7. The second-order valence-corrected chi connectivity index (χ2v) is 12.7. The molecule has 4 nitrogen and oxygen atoms in total. The first kappa shape index (κ1) is 37.5. The third-order valence-electron chi connectivity index (χ3n) is 8.65. The molecule has 6 rings (SSSR count). The van der Waals surface area contributed by atoms with E-state index >= 15 is 0 Å². The van der Waals surface area contributed by atoms with Crippen molar-refractivity contribution in [1.82, 2.24) is 0 Å². The fourth-order valence-electron chi connectivity index (χ4n) is 5.85. The summed E-state index contributed by atoms with van der Waals surface area (Å²) in [5, 5.41) is 0. The van der Waals surface area contributed by atoms with Gasteiger partial charge in [0.1, 0.15) is 53.2 Å². The number of nitrogens with two attached hydrogens (primary N) is 1. The number of hydrogen-bond acceptors (Lipinski definition) is 4. The maximum atomic E-state index is 14.0. The standard InChI is InChI=1S/C43H35F6NO3/c44-34-13-1-28(2-14-34)40(29-3-15-35(45)16-4-29)51-25-43(50,26-52-41(30-5-17-36(46)18-6-30)31-7-19-37(47)20-8-31)27-53-42(32-9-21-38(48)22-10-32)33-11-23-39(49)24-12-33/h1-24,40-42H,25-27,50H2. The van der Waals surface area contributed by atoms with Crippen LogP contribution in [-0.2, 0) is 14.2 Å². The van der Waals surface area contributed by atoms with Crippen LogP contribution in [0.1, 0.15) is 51.7 Å². The lowest BCUT2D eigenvalue weighted by Crippen LogP contribution is -2.53. The highest BCUT2D eigenvalue weighted by Crippen LogP contribution is 2.32. The summed E-state index contributed by atoms with van der Waals surface area (Å²) in [7, 11) is 0. The van der Waals surface area contributed by atoms with Gasteiger partial charge in [0.05, 0.1) is 25.4 Å². The van der Waals surface area contributed by atoms with Crippen molar-refractivity contribution in [3.8, 4) is 0 Å². The molecule has 0 atom stereocenters. The monoisotopic (exact) mass is 727 g/mol. The van der Waals surface area contributed by atoms with Crippen LogP contribution >= 0.6 is 0 Å². The molecule has 6 aromatic carbocycles. The van der Waals surface area contributed by atoms with Gasteiger partial charge >= 0.3 is 0 Å². The highest BCUT2D eigenvalue weighted by atomic mass is 19.1. The van der Waals surface area contributed by atoms with Gasteiger partial charge in [-0.15, -0.1) is 0 Å². The molecule has 0 amide bonds. The third kappa shape index (κ3) is 10.00. The van der Waals surface area contributed by atoms with E-state index in [0.29, 0.717) is 33.4 Å². The maximum absolute atomic E-state index is 14.0. The van der Waals surface area contributed by atoms with Crippen molar-refractivity contribution in [1.29, 1.82) is 0 Å². The summed E-state index contributed by atoms with van der Waals surface area (Å²) in [6, 6.07) is 34.0. The highest BCUT2D eigenvalue weighted by molar-refractivity contribution is 5.33. The summed E-state index contributed by atoms with van der Waals surface area (Å²) < 4.78 is 103. The van der Waals surface area contributed by atoms with Crippen LogP contribution in [0.2, 0.25) is 0 Å². The fraction of sp³-hybridized carbons (Fsp3) is 0.163. The molecule has 0 aliphatic rings. The van der Waals surface area contributed by atoms with E-state index in [1.54, 1.807) is 72.8 Å². The van der Waals surface area contributed by atoms with Crippen molar-refractivity contribution >= 4 is 0 Å². The highest BCUT2D eigenvalue weighted by Gasteiger charge is 2.33. The van der Waals surface area contributed by atoms with E-state index in [-0.39, 0.29) is 19.8 Å². The maximum Gasteiger partial charge on any atom is 0.123 e. The fourth-order valence-corrected chi connectivity index (χ4v) is 5.85. The number of ether oxygens (including phenoxy) is 3. The Balaban J connectivity index is 1.34. The minimum Gasteiger partial charge on any atom is -0.367 e. The molecule has 0 saturated carbocycles. The molecule has 0 aliphatic heterocycles. The molecule has 0 spiro atoms. The van der Waals surface area contributed by atoms with E-state index in [4.69, 9.17) is 19.9 Å². The van der Waals surface area contributed by atoms with Crippen molar-refractivity contribution in [2.45, 2.75) is 23.9 Å². The molecule has 0 saturated heterocycles. The summed E-state index contributed by atoms with van der Waals surface area (Å²) in [5.41, 5.74) is 9.04. The second kappa shape index (κ2) is 17.0. The van der Waals surface area contributed by atoms with Crippen LogP contribution in [0.5, 0.6) is 0 Å². The van der Waals surface area contributed by atoms with Gasteiger partial charge in [0.2, 0.25) is 0 Å². The van der Waals surface area contributed by atoms with Gasteiger partial charge in [-0.2, -0.15) is 0 Å². The molecule has 0 heterocycles. The molecule has 0 aliphatic carbocycles. The largest absolute Gasteiger partial charge is 0.367 e. The van der Waals surface area contributed by atoms with Gasteiger partial charge in [-0.25, -0.2) is 26.3 Å². The lowest BCUT2D eigenvalue weighted by molar-refractivity contribution is -0.0599. The molecule has 0 aromatic heterocycles. The van der Waals surface area contributed by atoms with E-state index in [1.807, 2.05) is 0 Å². The van der Waals surface area contributed by atoms with E-state index in [2.05, 4.69) is 0 Å². The SMILES string of the molecule is NC(COC(c1ccc(F)cc1)c1ccc(F)cc1)(COC(c1ccc(F)cc1)c1ccc(F)cc1)COC(c1ccc(F)cc1)c1ccc(F)cc1. The average molecular weight is 728 g/mol. The summed E-state index contributed by atoms with van der Waals surface area (Å²) in [5.74, 6) is -2.74. The molecule has 6 aromatic rings. The first-order valence-corrected chi connectivity index (χ1v) is 16.7. The minimum atomic E-state index is -1.46. The zero-order chi connectivity index (χ0) is 37.4. The van der Waals surface area contributed by atoms with Crippen molar-refractivity contribution in [3.63, 3.8) is 0 Å². The average Bonchev–Trinajstić information content (AvgIpc) is 3.16. The van der Waals surface area contributed by atoms with Crippen molar-refractivity contribution < 1.29 is 40.6 Å². The molecule has 0 unspecified atom stereocenters. The Bertz CT molecular complexity index is 1670. The lowest BCUT2D eigenvalue weighted by atomic mass is 9.98. The van der Waals surface area contributed by atoms with Crippen LogP contribution in [0.15, 0.2) is 146 Å². The van der Waals surface area contributed by atoms with E-state index in [9.17, 15) is 26.3 Å². The van der Waals surface area contributed by atoms with Crippen molar-refractivity contribution in [2.75, 3.05) is 19.8 Å². The van der Waals surface area contributed by atoms with Gasteiger partial charge < -0.3 is 19.9 Å². The van der Waals surface area contributed by atoms with Crippen molar-refractivity contribution in [3.05, 3.63) is 214 Å². The predicted molar refractivity (Wildman–Crippen MR) is 189 cm³/mol. The van der Waals surface area contributed by atoms with Gasteiger partial charge in [0.15, 0.2) is 0 Å². The van der Waals surface area contributed by atoms with Gasteiger partial charge in [0.25, 0.3) is 0 Å². The molecule has 53 heavy (non-hydrogen) atoms. The summed E-state index contributed by atoms with van der Waals surface area (Å²) in [4.78, 5) is 0. The number of halogens is 6. The van der Waals surface area contributed by atoms with Gasteiger partial charge in [-0.1, -0.05) is 72.8 Å². The quantitative estimate of drug-likeness (QED) is 0.107. The van der Waals surface area contributed by atoms with Crippen LogP contribution in [0.25, 0.3) is 0 Å². The molecular weight excluding hydrogens is 692 g/mol. The molecule has 0 radical (unpaired) electrons. The number of benzene rings is 6. The Labute approximate surface area is 303 Å². The van der Waals surface area contributed by atoms with Gasteiger partial charge in [-0.05, 0) is 106 Å². The normalized spacial score (nSPS) is 11.9. The molecule has 272 valence electrons. The Morgan fingerprint density at radius 2 is 0.472 bits per heavy atom. The Morgan fingerprint density at radius 3 is 0.623 bits per heavy atom. The first-order chi connectivity index (χ1) is 25.5. The molecule has 10 heteroatoms. The molecule has 0 fully saturated rings. The number of hydrogen-bond donors (Lipinski definition) is 1. The lowest BCUT2D eigenvalue weighted by Gasteiger charge is -2.34. The molecular formula is C43H35F6NO3. The van der Waals surface area contributed by atoms with Crippen LogP contribution in [0.4, 0.5) is 26.3 Å². The Hall–Kier alpha value is -5.26. The zero-order valence-electron chi connectivity index (χ0n) is 28.3. The third-order valence-corrected chi connectivity index (χ3v) is 8.65. The minimum absolute atomic E-state index is 0.231. The molecule has 2 N–H and O–H groups in total. The summed E-state index contributed by atoms with van der Waals surface area (Å²) in [6.07, 6.45) is -2.47. The topological polar surface area (TPSA) is 53.7 Å². The van der Waals surface area contributed by atoms with Crippen LogP contribution < -0.4 is 5.73 Å². The number of rotatable bonds is 15. The summed E-state index contributed by atoms with van der Waals surface area (Å²) in [6.45, 7) is -0.692. The van der Waals surface area contributed by atoms with Crippen LogP contribution in [0, 0.1) is 34.9 Å². The van der Waals surface area contributed by atoms with Crippen LogP contribution in [0.3, 0.4) is 0 Å². The smallest absolute Gasteiger partial charge is 0.123 e. The molecule has 0 bridgehead atoms. The zero-order valence-corrected chi connectivity index (χ0v) is 28.3.